The van der Waals surface area contributed by atoms with Crippen molar-refractivity contribution in [1.29, 1.82) is 0 Å². The fourth-order valence-corrected chi connectivity index (χ4v) is 3.91. The molecule has 1 rings (SSSR count). The highest BCUT2D eigenvalue weighted by molar-refractivity contribution is 4.81. The zero-order valence-electron chi connectivity index (χ0n) is 15.7. The van der Waals surface area contributed by atoms with E-state index < -0.39 is 0 Å². The summed E-state index contributed by atoms with van der Waals surface area (Å²) in [5, 5.41) is 0. The van der Waals surface area contributed by atoms with Gasteiger partial charge in [0, 0.05) is 0 Å². The van der Waals surface area contributed by atoms with E-state index in [0.717, 1.165) is 29.6 Å². The van der Waals surface area contributed by atoms with Crippen molar-refractivity contribution < 1.29 is 0 Å². The van der Waals surface area contributed by atoms with Crippen molar-refractivity contribution in [3.8, 4) is 0 Å². The van der Waals surface area contributed by atoms with Crippen molar-refractivity contribution in [3.05, 3.63) is 0 Å². The second-order valence-electron chi connectivity index (χ2n) is 8.20. The maximum Gasteiger partial charge on any atom is -0.0386 e. The number of hydrogen-bond donors (Lipinski definition) is 0. The molecule has 0 radical (unpaired) electrons. The minimum absolute atomic E-state index is 0.933. The molecule has 0 aromatic carbocycles. The van der Waals surface area contributed by atoms with Crippen molar-refractivity contribution in [2.75, 3.05) is 0 Å². The van der Waals surface area contributed by atoms with E-state index in [4.69, 9.17) is 0 Å². The van der Waals surface area contributed by atoms with Gasteiger partial charge in [-0.2, -0.15) is 0 Å². The molecule has 0 heterocycles. The van der Waals surface area contributed by atoms with Crippen molar-refractivity contribution in [2.45, 2.75) is 105 Å². The van der Waals surface area contributed by atoms with E-state index in [0.29, 0.717) is 0 Å². The Morgan fingerprint density at radius 2 is 1.57 bits per heavy atom. The van der Waals surface area contributed by atoms with Gasteiger partial charge in [0.25, 0.3) is 0 Å². The lowest BCUT2D eigenvalue weighted by Crippen LogP contribution is -2.11. The zero-order valence-corrected chi connectivity index (χ0v) is 15.7. The highest BCUT2D eigenvalue weighted by atomic mass is 14.4. The van der Waals surface area contributed by atoms with Crippen LogP contribution in [0.5, 0.6) is 0 Å². The Morgan fingerprint density at radius 1 is 0.857 bits per heavy atom. The molecular weight excluding hydrogens is 252 g/mol. The van der Waals surface area contributed by atoms with Crippen molar-refractivity contribution >= 4 is 0 Å². The van der Waals surface area contributed by atoms with Gasteiger partial charge in [0.1, 0.15) is 0 Å². The quantitative estimate of drug-likeness (QED) is 0.309. The van der Waals surface area contributed by atoms with E-state index in [9.17, 15) is 0 Å². The summed E-state index contributed by atoms with van der Waals surface area (Å²) in [4.78, 5) is 0. The summed E-state index contributed by atoms with van der Waals surface area (Å²) in [7, 11) is 0. The van der Waals surface area contributed by atoms with Crippen LogP contribution < -0.4 is 0 Å². The topological polar surface area (TPSA) is 0 Å². The van der Waals surface area contributed by atoms with E-state index in [1.165, 1.54) is 70.6 Å². The Hall–Kier alpha value is 0. The molecule has 1 aliphatic carbocycles. The first-order chi connectivity index (χ1) is 10.1. The van der Waals surface area contributed by atoms with Crippen molar-refractivity contribution in [1.82, 2.24) is 0 Å². The molecule has 0 aromatic rings. The molecule has 0 N–H and O–H groups in total. The number of hydrogen-bond acceptors (Lipinski definition) is 0. The Labute approximate surface area is 135 Å². The first-order valence-corrected chi connectivity index (χ1v) is 10.1. The first kappa shape index (κ1) is 19.0. The largest absolute Gasteiger partial charge is 0.0651 e. The third-order valence-electron chi connectivity index (χ3n) is 6.31. The zero-order chi connectivity index (χ0) is 15.7. The van der Waals surface area contributed by atoms with Gasteiger partial charge in [-0.15, -0.1) is 0 Å². The van der Waals surface area contributed by atoms with Crippen LogP contribution >= 0.6 is 0 Å². The molecular formula is C21H42. The summed E-state index contributed by atoms with van der Waals surface area (Å²) < 4.78 is 0. The molecule has 0 amide bonds. The highest BCUT2D eigenvalue weighted by Gasteiger charge is 2.31. The van der Waals surface area contributed by atoms with Gasteiger partial charge < -0.3 is 0 Å². The Bertz CT molecular complexity index is 244. The average molecular weight is 295 g/mol. The summed E-state index contributed by atoms with van der Waals surface area (Å²) in [5.74, 6) is 5.03. The summed E-state index contributed by atoms with van der Waals surface area (Å²) in [6.45, 7) is 12.1. The van der Waals surface area contributed by atoms with Gasteiger partial charge in [-0.05, 0) is 36.0 Å². The SMILES string of the molecule is CCC(C)CCCC(CC)C(C)CCCCCC1CC1C. The maximum absolute atomic E-state index is 2.51. The molecule has 0 nitrogen and oxygen atoms in total. The predicted molar refractivity (Wildman–Crippen MR) is 96.6 cm³/mol. The van der Waals surface area contributed by atoms with E-state index in [1.807, 2.05) is 0 Å². The molecule has 1 aliphatic rings. The summed E-state index contributed by atoms with van der Waals surface area (Å²) in [6, 6.07) is 0. The minimum Gasteiger partial charge on any atom is -0.0651 e. The first-order valence-electron chi connectivity index (χ1n) is 10.1. The van der Waals surface area contributed by atoms with E-state index in [2.05, 4.69) is 34.6 Å². The van der Waals surface area contributed by atoms with E-state index in [1.54, 1.807) is 0 Å². The Kier molecular flexibility index (Phi) is 9.69. The van der Waals surface area contributed by atoms with E-state index in [-0.39, 0.29) is 0 Å². The maximum atomic E-state index is 2.51. The summed E-state index contributed by atoms with van der Waals surface area (Å²) in [6.07, 6.45) is 16.1. The molecule has 0 heteroatoms. The molecule has 1 fully saturated rings. The normalized spacial score (nSPS) is 25.6. The second kappa shape index (κ2) is 10.7. The fraction of sp³-hybridized carbons (Fsp3) is 1.00. The summed E-state index contributed by atoms with van der Waals surface area (Å²) >= 11 is 0. The monoisotopic (exact) mass is 294 g/mol. The molecule has 0 bridgehead atoms. The molecule has 0 saturated heterocycles. The van der Waals surface area contributed by atoms with Gasteiger partial charge in [0.05, 0.1) is 0 Å². The lowest BCUT2D eigenvalue weighted by molar-refractivity contribution is 0.285. The summed E-state index contributed by atoms with van der Waals surface area (Å²) in [5.41, 5.74) is 0. The molecule has 1 saturated carbocycles. The van der Waals surface area contributed by atoms with Crippen LogP contribution in [0.2, 0.25) is 0 Å². The van der Waals surface area contributed by atoms with Crippen LogP contribution in [0.25, 0.3) is 0 Å². The van der Waals surface area contributed by atoms with Crippen LogP contribution in [0.4, 0.5) is 0 Å². The smallest absolute Gasteiger partial charge is 0.0386 e. The van der Waals surface area contributed by atoms with Gasteiger partial charge in [0.2, 0.25) is 0 Å². The van der Waals surface area contributed by atoms with Crippen molar-refractivity contribution in [2.24, 2.45) is 29.6 Å². The third kappa shape index (κ3) is 8.27. The predicted octanol–water partition coefficient (Wildman–Crippen LogP) is 7.47. The van der Waals surface area contributed by atoms with Gasteiger partial charge >= 0.3 is 0 Å². The van der Waals surface area contributed by atoms with Gasteiger partial charge in [-0.25, -0.2) is 0 Å². The molecule has 0 aromatic heterocycles. The lowest BCUT2D eigenvalue weighted by Gasteiger charge is -2.23. The molecule has 126 valence electrons. The third-order valence-corrected chi connectivity index (χ3v) is 6.31. The van der Waals surface area contributed by atoms with Crippen molar-refractivity contribution in [3.63, 3.8) is 0 Å². The Balaban J connectivity index is 2.02. The van der Waals surface area contributed by atoms with Crippen LogP contribution in [0.1, 0.15) is 105 Å². The highest BCUT2D eigenvalue weighted by Crippen LogP contribution is 2.41. The van der Waals surface area contributed by atoms with Gasteiger partial charge in [-0.1, -0.05) is 98.8 Å². The van der Waals surface area contributed by atoms with Gasteiger partial charge in [-0.3, -0.25) is 0 Å². The van der Waals surface area contributed by atoms with E-state index >= 15 is 0 Å². The second-order valence-corrected chi connectivity index (χ2v) is 8.20. The number of unbranched alkanes of at least 4 members (excludes halogenated alkanes) is 2. The molecule has 21 heavy (non-hydrogen) atoms. The van der Waals surface area contributed by atoms with Crippen LogP contribution in [-0.2, 0) is 0 Å². The standard InChI is InChI=1S/C21H42/c1-6-17(3)12-11-15-20(7-2)18(4)13-9-8-10-14-21-16-19(21)5/h17-21H,6-16H2,1-5H3. The minimum atomic E-state index is 0.933. The average Bonchev–Trinajstić information content (AvgIpc) is 3.18. The fourth-order valence-electron chi connectivity index (χ4n) is 3.91. The molecule has 5 unspecified atom stereocenters. The molecule has 5 atom stereocenters. The van der Waals surface area contributed by atoms with Crippen LogP contribution in [0.3, 0.4) is 0 Å². The molecule has 0 spiro atoms. The van der Waals surface area contributed by atoms with Crippen LogP contribution in [0, 0.1) is 29.6 Å². The van der Waals surface area contributed by atoms with Crippen LogP contribution in [-0.4, -0.2) is 0 Å². The number of rotatable bonds is 13. The van der Waals surface area contributed by atoms with Gasteiger partial charge in [0.15, 0.2) is 0 Å². The Morgan fingerprint density at radius 3 is 2.14 bits per heavy atom. The van der Waals surface area contributed by atoms with Crippen LogP contribution in [0.15, 0.2) is 0 Å². The lowest BCUT2D eigenvalue weighted by atomic mass is 9.83. The molecule has 0 aliphatic heterocycles.